The summed E-state index contributed by atoms with van der Waals surface area (Å²) in [6, 6.07) is 14.0. The summed E-state index contributed by atoms with van der Waals surface area (Å²) in [6.45, 7) is 6.87. The van der Waals surface area contributed by atoms with Gasteiger partial charge in [0, 0.05) is 32.7 Å². The van der Waals surface area contributed by atoms with Crippen LogP contribution in [0.3, 0.4) is 0 Å². The molecule has 0 bridgehead atoms. The highest BCUT2D eigenvalue weighted by atomic mass is 16.5. The monoisotopic (exact) mass is 464 g/mol. The molecule has 2 fully saturated rings. The quantitative estimate of drug-likeness (QED) is 0.460. The Morgan fingerprint density at radius 3 is 2.38 bits per heavy atom. The highest BCUT2D eigenvalue weighted by Crippen LogP contribution is 2.31. The highest BCUT2D eigenvalue weighted by Gasteiger charge is 2.47. The number of hydrogen-bond donors (Lipinski definition) is 0. The third kappa shape index (κ3) is 4.79. The minimum absolute atomic E-state index is 0.187. The molecule has 9 nitrogen and oxygen atoms in total. The molecule has 0 atom stereocenters. The van der Waals surface area contributed by atoms with Crippen LogP contribution in [0.15, 0.2) is 48.5 Å². The molecule has 0 unspecified atom stereocenters. The smallest absolute Gasteiger partial charge is 0.339 e. The molecule has 0 N–H and O–H groups in total. The average molecular weight is 465 g/mol. The molecule has 2 aromatic rings. The molecular formula is C25H28N4O5. The van der Waals surface area contributed by atoms with Crippen LogP contribution in [0.2, 0.25) is 0 Å². The van der Waals surface area contributed by atoms with Crippen molar-refractivity contribution in [3.63, 3.8) is 0 Å². The van der Waals surface area contributed by atoms with Crippen LogP contribution in [0.25, 0.3) is 0 Å². The summed E-state index contributed by atoms with van der Waals surface area (Å²) in [5, 5.41) is 0. The number of hydrogen-bond acceptors (Lipinski definition) is 6. The lowest BCUT2D eigenvalue weighted by atomic mass is 10.1. The van der Waals surface area contributed by atoms with Gasteiger partial charge >= 0.3 is 17.8 Å². The van der Waals surface area contributed by atoms with Crippen molar-refractivity contribution in [1.29, 1.82) is 0 Å². The minimum Gasteiger partial charge on any atom is -0.492 e. The molecule has 9 heteroatoms. The van der Waals surface area contributed by atoms with Crippen LogP contribution in [-0.2, 0) is 20.9 Å². The molecule has 2 heterocycles. The summed E-state index contributed by atoms with van der Waals surface area (Å²) >= 11 is 0. The molecule has 34 heavy (non-hydrogen) atoms. The number of aryl methyl sites for hydroxylation is 1. The van der Waals surface area contributed by atoms with E-state index in [0.29, 0.717) is 43.4 Å². The molecule has 0 radical (unpaired) electrons. The van der Waals surface area contributed by atoms with Crippen molar-refractivity contribution in [3.8, 4) is 5.75 Å². The molecule has 2 aromatic carbocycles. The number of piperazine rings is 1. The Hall–Kier alpha value is -3.72. The van der Waals surface area contributed by atoms with E-state index in [1.54, 1.807) is 30.0 Å². The maximum absolute atomic E-state index is 13.0. The minimum atomic E-state index is -1.01. The first kappa shape index (κ1) is 23.4. The molecule has 178 valence electrons. The van der Waals surface area contributed by atoms with E-state index in [1.165, 1.54) is 17.2 Å². The molecule has 2 aliphatic heterocycles. The standard InChI is InChI=1S/C25H28N4O5/c1-3-34-21-10-5-4-9-20(21)29-24(32)23(31)28(25(29)33)17-22(30)27-13-11-26(12-14-27)16-19-8-6-7-18(2)15-19/h4-10,15H,3,11-14,16-17H2,1-2H3. The molecule has 2 aliphatic rings. The van der Waals surface area contributed by atoms with Crippen molar-refractivity contribution in [2.75, 3.05) is 44.2 Å². The van der Waals surface area contributed by atoms with Crippen LogP contribution in [0.4, 0.5) is 10.5 Å². The Morgan fingerprint density at radius 1 is 0.941 bits per heavy atom. The maximum Gasteiger partial charge on any atom is 0.339 e. The molecular weight excluding hydrogens is 436 g/mol. The summed E-state index contributed by atoms with van der Waals surface area (Å²) in [7, 11) is 0. The van der Waals surface area contributed by atoms with Gasteiger partial charge in [-0.3, -0.25) is 19.3 Å². The van der Waals surface area contributed by atoms with Gasteiger partial charge in [-0.1, -0.05) is 42.0 Å². The van der Waals surface area contributed by atoms with Crippen LogP contribution in [-0.4, -0.2) is 77.8 Å². The van der Waals surface area contributed by atoms with Gasteiger partial charge in [0.1, 0.15) is 12.3 Å². The largest absolute Gasteiger partial charge is 0.492 e. The van der Waals surface area contributed by atoms with Crippen LogP contribution in [0, 0.1) is 6.92 Å². The van der Waals surface area contributed by atoms with Crippen molar-refractivity contribution in [2.24, 2.45) is 0 Å². The Kier molecular flexibility index (Phi) is 6.93. The Balaban J connectivity index is 1.37. The number of anilines is 1. The molecule has 0 aromatic heterocycles. The van der Waals surface area contributed by atoms with Gasteiger partial charge in [-0.2, -0.15) is 0 Å². The van der Waals surface area contributed by atoms with E-state index >= 15 is 0 Å². The summed E-state index contributed by atoms with van der Waals surface area (Å²) in [5.41, 5.74) is 2.62. The van der Waals surface area contributed by atoms with Crippen molar-refractivity contribution in [1.82, 2.24) is 14.7 Å². The predicted octanol–water partition coefficient (Wildman–Crippen LogP) is 2.03. The third-order valence-electron chi connectivity index (χ3n) is 5.97. The number of imide groups is 2. The fraction of sp³-hybridized carbons (Fsp3) is 0.360. The van der Waals surface area contributed by atoms with Gasteiger partial charge in [-0.25, -0.2) is 14.6 Å². The number of urea groups is 1. The maximum atomic E-state index is 13.0. The van der Waals surface area contributed by atoms with E-state index in [9.17, 15) is 19.2 Å². The molecule has 5 amide bonds. The van der Waals surface area contributed by atoms with Crippen molar-refractivity contribution >= 4 is 29.4 Å². The SMILES string of the molecule is CCOc1ccccc1N1C(=O)C(=O)N(CC(=O)N2CCN(Cc3cccc(C)c3)CC2)C1=O. The Bertz CT molecular complexity index is 1110. The summed E-state index contributed by atoms with van der Waals surface area (Å²) in [6.07, 6.45) is 0. The van der Waals surface area contributed by atoms with E-state index in [1.807, 2.05) is 6.07 Å². The number of benzene rings is 2. The van der Waals surface area contributed by atoms with Gasteiger partial charge in [0.25, 0.3) is 0 Å². The van der Waals surface area contributed by atoms with Crippen LogP contribution < -0.4 is 9.64 Å². The van der Waals surface area contributed by atoms with Crippen molar-refractivity contribution in [3.05, 3.63) is 59.7 Å². The Labute approximate surface area is 198 Å². The summed E-state index contributed by atoms with van der Waals surface area (Å²) in [4.78, 5) is 56.4. The Morgan fingerprint density at radius 2 is 1.68 bits per heavy atom. The topological polar surface area (TPSA) is 90.5 Å². The third-order valence-corrected chi connectivity index (χ3v) is 5.97. The number of carbonyl (C=O) groups excluding carboxylic acids is 4. The first-order valence-corrected chi connectivity index (χ1v) is 11.4. The van der Waals surface area contributed by atoms with Gasteiger partial charge in [-0.05, 0) is 31.5 Å². The van der Waals surface area contributed by atoms with E-state index in [-0.39, 0.29) is 11.6 Å². The fourth-order valence-electron chi connectivity index (χ4n) is 4.24. The van der Waals surface area contributed by atoms with Crippen LogP contribution in [0.5, 0.6) is 5.75 Å². The number of rotatable bonds is 7. The molecule has 0 saturated carbocycles. The van der Waals surface area contributed by atoms with Gasteiger partial charge in [0.05, 0.1) is 12.3 Å². The number of ether oxygens (including phenoxy) is 1. The highest BCUT2D eigenvalue weighted by molar-refractivity contribution is 6.53. The molecule has 0 spiro atoms. The number of carbonyl (C=O) groups is 4. The molecule has 2 saturated heterocycles. The number of para-hydroxylation sites is 2. The van der Waals surface area contributed by atoms with Gasteiger partial charge < -0.3 is 9.64 Å². The second-order valence-corrected chi connectivity index (χ2v) is 8.36. The first-order chi connectivity index (χ1) is 16.4. The van der Waals surface area contributed by atoms with Crippen LogP contribution >= 0.6 is 0 Å². The zero-order valence-electron chi connectivity index (χ0n) is 19.4. The van der Waals surface area contributed by atoms with Gasteiger partial charge in [-0.15, -0.1) is 0 Å². The van der Waals surface area contributed by atoms with E-state index < -0.39 is 24.4 Å². The van der Waals surface area contributed by atoms with E-state index in [2.05, 4.69) is 30.0 Å². The lowest BCUT2D eigenvalue weighted by Crippen LogP contribution is -2.51. The second-order valence-electron chi connectivity index (χ2n) is 8.36. The number of amides is 5. The lowest BCUT2D eigenvalue weighted by Gasteiger charge is -2.35. The van der Waals surface area contributed by atoms with E-state index in [4.69, 9.17) is 4.74 Å². The van der Waals surface area contributed by atoms with Gasteiger partial charge in [0.15, 0.2) is 0 Å². The molecule has 0 aliphatic carbocycles. The van der Waals surface area contributed by atoms with Crippen molar-refractivity contribution in [2.45, 2.75) is 20.4 Å². The predicted molar refractivity (Wildman–Crippen MR) is 125 cm³/mol. The van der Waals surface area contributed by atoms with Crippen molar-refractivity contribution < 1.29 is 23.9 Å². The lowest BCUT2D eigenvalue weighted by molar-refractivity contribution is -0.142. The first-order valence-electron chi connectivity index (χ1n) is 11.4. The summed E-state index contributed by atoms with van der Waals surface area (Å²) < 4.78 is 5.50. The average Bonchev–Trinajstić information content (AvgIpc) is 3.03. The number of nitrogens with zero attached hydrogens (tertiary/aromatic N) is 4. The zero-order chi connectivity index (χ0) is 24.2. The summed E-state index contributed by atoms with van der Waals surface area (Å²) in [5.74, 6) is -2.04. The van der Waals surface area contributed by atoms with Crippen LogP contribution in [0.1, 0.15) is 18.1 Å². The normalized spacial score (nSPS) is 17.0. The zero-order valence-corrected chi connectivity index (χ0v) is 19.4. The van der Waals surface area contributed by atoms with Gasteiger partial charge in [0.2, 0.25) is 5.91 Å². The molecule has 4 rings (SSSR count). The fourth-order valence-corrected chi connectivity index (χ4v) is 4.24. The second kappa shape index (κ2) is 10.0. The van der Waals surface area contributed by atoms with E-state index in [0.717, 1.165) is 11.4 Å².